The summed E-state index contributed by atoms with van der Waals surface area (Å²) >= 11 is 0. The summed E-state index contributed by atoms with van der Waals surface area (Å²) in [4.78, 5) is 0. The van der Waals surface area contributed by atoms with Gasteiger partial charge < -0.3 is 10.5 Å². The molecule has 0 aliphatic heterocycles. The lowest BCUT2D eigenvalue weighted by molar-refractivity contribution is 0.323. The van der Waals surface area contributed by atoms with Gasteiger partial charge in [-0.1, -0.05) is 18.2 Å². The summed E-state index contributed by atoms with van der Waals surface area (Å²) in [7, 11) is -3.19. The predicted octanol–water partition coefficient (Wildman–Crippen LogP) is 0.724. The second kappa shape index (κ2) is 8.07. The minimum Gasteiger partial charge on any atom is -0.492 e. The van der Waals surface area contributed by atoms with Crippen LogP contribution in [0.4, 0.5) is 0 Å². The first kappa shape index (κ1) is 14.9. The molecule has 0 heterocycles. The number of nitrogens with two attached hydrogens (primary N) is 1. The van der Waals surface area contributed by atoms with Gasteiger partial charge in [0.05, 0.1) is 5.75 Å². The number of para-hydroxylation sites is 1. The lowest BCUT2D eigenvalue weighted by Gasteiger charge is -2.08. The SMILES string of the molecule is NCCCCS(=O)(=O)NCCOc1ccccc1. The number of rotatable bonds is 9. The molecule has 0 fully saturated rings. The summed E-state index contributed by atoms with van der Waals surface area (Å²) in [6.45, 7) is 1.12. The van der Waals surface area contributed by atoms with Crippen LogP contribution in [0.15, 0.2) is 30.3 Å². The maximum atomic E-state index is 11.5. The Hall–Kier alpha value is -1.11. The standard InChI is InChI=1S/C12H20N2O3S/c13-8-4-5-11-18(15,16)14-9-10-17-12-6-2-1-3-7-12/h1-3,6-7,14H,4-5,8-11,13H2. The summed E-state index contributed by atoms with van der Waals surface area (Å²) in [5.41, 5.74) is 5.31. The predicted molar refractivity (Wildman–Crippen MR) is 72.0 cm³/mol. The van der Waals surface area contributed by atoms with Crippen molar-refractivity contribution in [1.29, 1.82) is 0 Å². The van der Waals surface area contributed by atoms with Crippen molar-refractivity contribution in [3.63, 3.8) is 0 Å². The van der Waals surface area contributed by atoms with Crippen LogP contribution in [0, 0.1) is 0 Å². The molecule has 0 atom stereocenters. The zero-order chi connectivity index (χ0) is 13.3. The van der Waals surface area contributed by atoms with Gasteiger partial charge in [-0.2, -0.15) is 0 Å². The molecular weight excluding hydrogens is 252 g/mol. The Morgan fingerprint density at radius 1 is 1.17 bits per heavy atom. The Balaban J connectivity index is 2.17. The van der Waals surface area contributed by atoms with Crippen LogP contribution >= 0.6 is 0 Å². The Bertz CT molecular complexity index is 420. The van der Waals surface area contributed by atoms with Crippen molar-refractivity contribution in [3.05, 3.63) is 30.3 Å². The molecule has 0 aliphatic carbocycles. The van der Waals surface area contributed by atoms with Gasteiger partial charge in [-0.05, 0) is 31.5 Å². The van der Waals surface area contributed by atoms with E-state index in [-0.39, 0.29) is 12.3 Å². The fraction of sp³-hybridized carbons (Fsp3) is 0.500. The van der Waals surface area contributed by atoms with Crippen LogP contribution in [-0.4, -0.2) is 33.9 Å². The van der Waals surface area contributed by atoms with Crippen LogP contribution in [0.25, 0.3) is 0 Å². The summed E-state index contributed by atoms with van der Waals surface area (Å²) < 4.78 is 30.9. The minimum atomic E-state index is -3.19. The molecule has 0 amide bonds. The third-order valence-electron chi connectivity index (χ3n) is 2.30. The molecule has 102 valence electrons. The van der Waals surface area contributed by atoms with Gasteiger partial charge in [0.2, 0.25) is 10.0 Å². The highest BCUT2D eigenvalue weighted by atomic mass is 32.2. The van der Waals surface area contributed by atoms with Crippen molar-refractivity contribution in [2.24, 2.45) is 5.73 Å². The van der Waals surface area contributed by atoms with E-state index in [0.717, 1.165) is 12.2 Å². The molecule has 0 aliphatic rings. The molecule has 1 aromatic rings. The number of nitrogens with one attached hydrogen (secondary N) is 1. The van der Waals surface area contributed by atoms with E-state index in [1.165, 1.54) is 0 Å². The first-order valence-corrected chi connectivity index (χ1v) is 7.64. The number of ether oxygens (including phenoxy) is 1. The van der Waals surface area contributed by atoms with Gasteiger partial charge >= 0.3 is 0 Å². The van der Waals surface area contributed by atoms with Crippen molar-refractivity contribution in [1.82, 2.24) is 4.72 Å². The highest BCUT2D eigenvalue weighted by molar-refractivity contribution is 7.89. The van der Waals surface area contributed by atoms with E-state index in [2.05, 4.69) is 4.72 Å². The average Bonchev–Trinajstić information content (AvgIpc) is 2.36. The molecule has 0 unspecified atom stereocenters. The van der Waals surface area contributed by atoms with Gasteiger partial charge in [0.15, 0.2) is 0 Å². The molecular formula is C12H20N2O3S. The largest absolute Gasteiger partial charge is 0.492 e. The Kier molecular flexibility index (Phi) is 6.70. The summed E-state index contributed by atoms with van der Waals surface area (Å²) in [5, 5.41) is 0. The van der Waals surface area contributed by atoms with Gasteiger partial charge in [0.1, 0.15) is 12.4 Å². The first-order valence-electron chi connectivity index (χ1n) is 5.99. The van der Waals surface area contributed by atoms with Crippen LogP contribution in [0.2, 0.25) is 0 Å². The Labute approximate surface area is 108 Å². The number of hydrogen-bond donors (Lipinski definition) is 2. The topological polar surface area (TPSA) is 81.4 Å². The van der Waals surface area contributed by atoms with E-state index < -0.39 is 10.0 Å². The fourth-order valence-corrected chi connectivity index (χ4v) is 2.51. The second-order valence-electron chi connectivity index (χ2n) is 3.87. The van der Waals surface area contributed by atoms with E-state index >= 15 is 0 Å². The molecule has 6 heteroatoms. The van der Waals surface area contributed by atoms with Crippen LogP contribution in [0.3, 0.4) is 0 Å². The number of unbranched alkanes of at least 4 members (excludes halogenated alkanes) is 1. The van der Waals surface area contributed by atoms with Crippen molar-refractivity contribution in [2.75, 3.05) is 25.4 Å². The van der Waals surface area contributed by atoms with Crippen LogP contribution in [0.1, 0.15) is 12.8 Å². The number of sulfonamides is 1. The van der Waals surface area contributed by atoms with Gasteiger partial charge in [-0.25, -0.2) is 13.1 Å². The highest BCUT2D eigenvalue weighted by Crippen LogP contribution is 2.07. The molecule has 0 saturated heterocycles. The Morgan fingerprint density at radius 3 is 2.56 bits per heavy atom. The summed E-state index contributed by atoms with van der Waals surface area (Å²) in [6, 6.07) is 9.29. The highest BCUT2D eigenvalue weighted by Gasteiger charge is 2.08. The molecule has 0 spiro atoms. The molecule has 5 nitrogen and oxygen atoms in total. The van der Waals surface area contributed by atoms with Crippen LogP contribution in [0.5, 0.6) is 5.75 Å². The van der Waals surface area contributed by atoms with Gasteiger partial charge in [0, 0.05) is 6.54 Å². The lowest BCUT2D eigenvalue weighted by atomic mass is 10.3. The molecule has 3 N–H and O–H groups in total. The van der Waals surface area contributed by atoms with Crippen molar-refractivity contribution < 1.29 is 13.2 Å². The molecule has 1 aromatic carbocycles. The van der Waals surface area contributed by atoms with Crippen LogP contribution < -0.4 is 15.2 Å². The summed E-state index contributed by atoms with van der Waals surface area (Å²) in [5.74, 6) is 0.857. The lowest BCUT2D eigenvalue weighted by Crippen LogP contribution is -2.30. The maximum absolute atomic E-state index is 11.5. The van der Waals surface area contributed by atoms with E-state index in [4.69, 9.17) is 10.5 Å². The zero-order valence-electron chi connectivity index (χ0n) is 10.3. The van der Waals surface area contributed by atoms with E-state index in [0.29, 0.717) is 19.6 Å². The van der Waals surface area contributed by atoms with Crippen molar-refractivity contribution in [2.45, 2.75) is 12.8 Å². The Morgan fingerprint density at radius 2 is 1.89 bits per heavy atom. The van der Waals surface area contributed by atoms with E-state index in [1.54, 1.807) is 0 Å². The first-order chi connectivity index (χ1) is 8.64. The molecule has 18 heavy (non-hydrogen) atoms. The van der Waals surface area contributed by atoms with Crippen molar-refractivity contribution >= 4 is 10.0 Å². The smallest absolute Gasteiger partial charge is 0.211 e. The molecule has 0 aromatic heterocycles. The van der Waals surface area contributed by atoms with Gasteiger partial charge in [-0.15, -0.1) is 0 Å². The second-order valence-corrected chi connectivity index (χ2v) is 5.80. The van der Waals surface area contributed by atoms with E-state index in [9.17, 15) is 8.42 Å². The molecule has 0 saturated carbocycles. The third kappa shape index (κ3) is 6.58. The fourth-order valence-electron chi connectivity index (χ4n) is 1.39. The zero-order valence-corrected chi connectivity index (χ0v) is 11.2. The van der Waals surface area contributed by atoms with Gasteiger partial charge in [0.25, 0.3) is 0 Å². The normalized spacial score (nSPS) is 11.4. The van der Waals surface area contributed by atoms with Crippen molar-refractivity contribution in [3.8, 4) is 5.75 Å². The quantitative estimate of drug-likeness (QED) is 0.649. The summed E-state index contributed by atoms with van der Waals surface area (Å²) in [6.07, 6.45) is 1.31. The maximum Gasteiger partial charge on any atom is 0.211 e. The van der Waals surface area contributed by atoms with E-state index in [1.807, 2.05) is 30.3 Å². The number of hydrogen-bond acceptors (Lipinski definition) is 4. The monoisotopic (exact) mass is 272 g/mol. The van der Waals surface area contributed by atoms with Crippen LogP contribution in [-0.2, 0) is 10.0 Å². The molecule has 0 bridgehead atoms. The third-order valence-corrected chi connectivity index (χ3v) is 3.77. The number of benzene rings is 1. The minimum absolute atomic E-state index is 0.121. The average molecular weight is 272 g/mol. The molecule has 0 radical (unpaired) electrons. The molecule has 1 rings (SSSR count). The van der Waals surface area contributed by atoms with Gasteiger partial charge in [-0.3, -0.25) is 0 Å².